The number of hydrogen-bond donors (Lipinski definition) is 1. The first kappa shape index (κ1) is 11.7. The molecule has 0 radical (unpaired) electrons. The Morgan fingerprint density at radius 3 is 2.94 bits per heavy atom. The highest BCUT2D eigenvalue weighted by Crippen LogP contribution is 2.57. The van der Waals surface area contributed by atoms with E-state index in [0.29, 0.717) is 5.41 Å². The lowest BCUT2D eigenvalue weighted by atomic mass is 9.70. The van der Waals surface area contributed by atoms with Gasteiger partial charge in [0.05, 0.1) is 5.01 Å². The van der Waals surface area contributed by atoms with Gasteiger partial charge in [0, 0.05) is 17.6 Å². The van der Waals surface area contributed by atoms with Gasteiger partial charge in [-0.1, -0.05) is 6.42 Å². The summed E-state index contributed by atoms with van der Waals surface area (Å²) in [5, 5.41) is 4.66. The van der Waals surface area contributed by atoms with Gasteiger partial charge in [0.1, 0.15) is 0 Å². The van der Waals surface area contributed by atoms with E-state index in [0.717, 1.165) is 11.8 Å². The van der Waals surface area contributed by atoms with Crippen LogP contribution in [0.15, 0.2) is 6.20 Å². The lowest BCUT2D eigenvalue weighted by molar-refractivity contribution is 0.161. The third-order valence-electron chi connectivity index (χ3n) is 4.83. The van der Waals surface area contributed by atoms with E-state index in [2.05, 4.69) is 30.5 Å². The van der Waals surface area contributed by atoms with Crippen LogP contribution in [0.5, 0.6) is 0 Å². The van der Waals surface area contributed by atoms with Gasteiger partial charge in [-0.05, 0) is 56.9 Å². The van der Waals surface area contributed by atoms with Crippen molar-refractivity contribution < 1.29 is 0 Å². The predicted octanol–water partition coefficient (Wildman–Crippen LogP) is 3.02. The summed E-state index contributed by atoms with van der Waals surface area (Å²) >= 11 is 1.89. The van der Waals surface area contributed by atoms with E-state index in [-0.39, 0.29) is 0 Å². The topological polar surface area (TPSA) is 24.9 Å². The molecule has 0 spiro atoms. The molecular formula is C14H22N2S. The van der Waals surface area contributed by atoms with Crippen LogP contribution >= 0.6 is 11.3 Å². The van der Waals surface area contributed by atoms with Crippen molar-refractivity contribution in [2.45, 2.75) is 39.0 Å². The number of rotatable bonds is 4. The Balaban J connectivity index is 1.81. The summed E-state index contributed by atoms with van der Waals surface area (Å²) in [5.74, 6) is 1.98. The number of nitrogens with one attached hydrogen (secondary N) is 1. The molecule has 0 aliphatic heterocycles. The van der Waals surface area contributed by atoms with Gasteiger partial charge in [-0.3, -0.25) is 0 Å². The molecule has 3 unspecified atom stereocenters. The summed E-state index contributed by atoms with van der Waals surface area (Å²) in [6.07, 6.45) is 9.22. The van der Waals surface area contributed by atoms with Crippen LogP contribution in [0.3, 0.4) is 0 Å². The van der Waals surface area contributed by atoms with Crippen LogP contribution in [0.25, 0.3) is 0 Å². The van der Waals surface area contributed by atoms with Crippen LogP contribution in [0.2, 0.25) is 0 Å². The molecule has 2 nitrogen and oxygen atoms in total. The lowest BCUT2D eigenvalue weighted by Gasteiger charge is -2.37. The van der Waals surface area contributed by atoms with Gasteiger partial charge < -0.3 is 5.32 Å². The molecule has 94 valence electrons. The SMILES string of the molecule is CNCC1(Cc2cnc(C)s2)CC2CCC1C2. The van der Waals surface area contributed by atoms with Gasteiger partial charge in [-0.2, -0.15) is 0 Å². The molecule has 2 aliphatic rings. The molecule has 1 N–H and O–H groups in total. The van der Waals surface area contributed by atoms with E-state index >= 15 is 0 Å². The fourth-order valence-electron chi connectivity index (χ4n) is 4.24. The Morgan fingerprint density at radius 1 is 1.53 bits per heavy atom. The summed E-state index contributed by atoms with van der Waals surface area (Å²) < 4.78 is 0. The van der Waals surface area contributed by atoms with Crippen LogP contribution in [0.1, 0.15) is 35.6 Å². The Bertz CT molecular complexity index is 401. The molecule has 2 fully saturated rings. The zero-order valence-corrected chi connectivity index (χ0v) is 11.6. The normalized spacial score (nSPS) is 35.6. The van der Waals surface area contributed by atoms with Gasteiger partial charge in [0.2, 0.25) is 0 Å². The highest BCUT2D eigenvalue weighted by Gasteiger charge is 2.50. The summed E-state index contributed by atoms with van der Waals surface area (Å²) in [5.41, 5.74) is 0.538. The van der Waals surface area contributed by atoms with Crippen LogP contribution < -0.4 is 5.32 Å². The highest BCUT2D eigenvalue weighted by molar-refractivity contribution is 7.11. The zero-order chi connectivity index (χ0) is 11.9. The maximum absolute atomic E-state index is 4.41. The molecule has 1 aromatic rings. The van der Waals surface area contributed by atoms with Crippen molar-refractivity contribution in [3.63, 3.8) is 0 Å². The average Bonchev–Trinajstić information content (AvgIpc) is 2.95. The molecule has 2 aliphatic carbocycles. The third-order valence-corrected chi connectivity index (χ3v) is 5.74. The number of nitrogens with zero attached hydrogens (tertiary/aromatic N) is 1. The number of aryl methyl sites for hydroxylation is 1. The maximum atomic E-state index is 4.41. The molecule has 1 aromatic heterocycles. The van der Waals surface area contributed by atoms with Gasteiger partial charge in [0.15, 0.2) is 0 Å². The van der Waals surface area contributed by atoms with Crippen molar-refractivity contribution in [3.05, 3.63) is 16.1 Å². The molecule has 0 amide bonds. The molecule has 2 bridgehead atoms. The van der Waals surface area contributed by atoms with Crippen molar-refractivity contribution in [2.24, 2.45) is 17.3 Å². The molecule has 0 aromatic carbocycles. The van der Waals surface area contributed by atoms with Crippen molar-refractivity contribution in [1.82, 2.24) is 10.3 Å². The van der Waals surface area contributed by atoms with Crippen molar-refractivity contribution in [3.8, 4) is 0 Å². The quantitative estimate of drug-likeness (QED) is 0.888. The molecule has 3 heteroatoms. The summed E-state index contributed by atoms with van der Waals surface area (Å²) in [4.78, 5) is 5.90. The first-order chi connectivity index (χ1) is 8.22. The summed E-state index contributed by atoms with van der Waals surface area (Å²) in [6.45, 7) is 3.30. The summed E-state index contributed by atoms with van der Waals surface area (Å²) in [7, 11) is 2.10. The fraction of sp³-hybridized carbons (Fsp3) is 0.786. The second-order valence-corrected chi connectivity index (χ2v) is 7.31. The second kappa shape index (κ2) is 4.36. The molecule has 2 saturated carbocycles. The Morgan fingerprint density at radius 2 is 2.41 bits per heavy atom. The van der Waals surface area contributed by atoms with Gasteiger partial charge in [-0.25, -0.2) is 4.98 Å². The molecule has 17 heavy (non-hydrogen) atoms. The lowest BCUT2D eigenvalue weighted by Crippen LogP contribution is -2.39. The van der Waals surface area contributed by atoms with Crippen molar-refractivity contribution in [1.29, 1.82) is 0 Å². The highest BCUT2D eigenvalue weighted by atomic mass is 32.1. The second-order valence-electron chi connectivity index (χ2n) is 6.00. The number of aromatic nitrogens is 1. The first-order valence-corrected chi connectivity index (χ1v) is 7.59. The number of thiazole rings is 1. The maximum Gasteiger partial charge on any atom is 0.0896 e. The van der Waals surface area contributed by atoms with Crippen molar-refractivity contribution >= 4 is 11.3 Å². The number of fused-ring (bicyclic) bond motifs is 2. The average molecular weight is 250 g/mol. The molecule has 3 atom stereocenters. The standard InChI is InChI=1S/C14H22N2S/c1-10-16-8-13(17-10)7-14(9-15-2)6-11-3-4-12(14)5-11/h8,11-12,15H,3-7,9H2,1-2H3. The van der Waals surface area contributed by atoms with Crippen molar-refractivity contribution in [2.75, 3.05) is 13.6 Å². The molecule has 0 saturated heterocycles. The Hall–Kier alpha value is -0.410. The first-order valence-electron chi connectivity index (χ1n) is 6.78. The minimum Gasteiger partial charge on any atom is -0.319 e. The largest absolute Gasteiger partial charge is 0.319 e. The van der Waals surface area contributed by atoms with Gasteiger partial charge in [0.25, 0.3) is 0 Å². The van der Waals surface area contributed by atoms with Crippen LogP contribution in [-0.2, 0) is 6.42 Å². The van der Waals surface area contributed by atoms with Crippen LogP contribution in [0.4, 0.5) is 0 Å². The zero-order valence-electron chi connectivity index (χ0n) is 10.8. The number of hydrogen-bond acceptors (Lipinski definition) is 3. The minimum atomic E-state index is 0.538. The van der Waals surface area contributed by atoms with E-state index in [1.54, 1.807) is 0 Å². The predicted molar refractivity (Wildman–Crippen MR) is 72.4 cm³/mol. The molecule has 3 rings (SSSR count). The smallest absolute Gasteiger partial charge is 0.0896 e. The third kappa shape index (κ3) is 2.04. The van der Waals surface area contributed by atoms with E-state index in [1.165, 1.54) is 48.5 Å². The molecule has 1 heterocycles. The fourth-order valence-corrected chi connectivity index (χ4v) is 5.19. The Labute approximate surface area is 108 Å². The minimum absolute atomic E-state index is 0.538. The van der Waals surface area contributed by atoms with Crippen LogP contribution in [-0.4, -0.2) is 18.6 Å². The van der Waals surface area contributed by atoms with E-state index in [1.807, 2.05) is 11.3 Å². The van der Waals surface area contributed by atoms with Gasteiger partial charge >= 0.3 is 0 Å². The summed E-state index contributed by atoms with van der Waals surface area (Å²) in [6, 6.07) is 0. The van der Waals surface area contributed by atoms with Gasteiger partial charge in [-0.15, -0.1) is 11.3 Å². The van der Waals surface area contributed by atoms with E-state index < -0.39 is 0 Å². The molecular weight excluding hydrogens is 228 g/mol. The van der Waals surface area contributed by atoms with Crippen LogP contribution in [0, 0.1) is 24.2 Å². The Kier molecular flexibility index (Phi) is 2.99. The monoisotopic (exact) mass is 250 g/mol. The van der Waals surface area contributed by atoms with E-state index in [4.69, 9.17) is 0 Å². The van der Waals surface area contributed by atoms with E-state index in [9.17, 15) is 0 Å².